The number of ether oxygens (including phenoxy) is 1. The highest BCUT2D eigenvalue weighted by atomic mass is 16.5. The summed E-state index contributed by atoms with van der Waals surface area (Å²) >= 11 is 0. The molecule has 1 aromatic heterocycles. The monoisotopic (exact) mass is 269 g/mol. The van der Waals surface area contributed by atoms with Crippen LogP contribution in [-0.4, -0.2) is 16.1 Å². The van der Waals surface area contributed by atoms with Gasteiger partial charge < -0.3 is 10.5 Å². The molecule has 0 amide bonds. The number of hydrogen-bond acceptors (Lipinski definition) is 4. The molecular formula is C16H19N3O. The Morgan fingerprint density at radius 2 is 1.95 bits per heavy atom. The van der Waals surface area contributed by atoms with Crippen LogP contribution in [0.5, 0.6) is 5.75 Å². The van der Waals surface area contributed by atoms with E-state index in [-0.39, 0.29) is 6.10 Å². The van der Waals surface area contributed by atoms with Gasteiger partial charge in [-0.05, 0) is 38.8 Å². The van der Waals surface area contributed by atoms with Crippen LogP contribution in [0.2, 0.25) is 0 Å². The van der Waals surface area contributed by atoms with E-state index in [2.05, 4.69) is 9.97 Å². The van der Waals surface area contributed by atoms with Gasteiger partial charge in [0.15, 0.2) is 0 Å². The molecule has 4 nitrogen and oxygen atoms in total. The molecule has 0 bridgehead atoms. The Labute approximate surface area is 119 Å². The standard InChI is InChI=1S/C16H19N3O/c1-10(2)20-14-6-4-3-5-12(14)13-9-15(17)19-16(18-13)11-7-8-11/h3-6,9-11H,7-8H2,1-2H3,(H2,17,18,19). The van der Waals surface area contributed by atoms with Gasteiger partial charge in [0.05, 0.1) is 11.8 Å². The first-order valence-electron chi connectivity index (χ1n) is 7.04. The summed E-state index contributed by atoms with van der Waals surface area (Å²) in [5.74, 6) is 2.70. The van der Waals surface area contributed by atoms with E-state index in [4.69, 9.17) is 10.5 Å². The summed E-state index contributed by atoms with van der Waals surface area (Å²) in [5.41, 5.74) is 7.73. The summed E-state index contributed by atoms with van der Waals surface area (Å²) in [5, 5.41) is 0. The maximum Gasteiger partial charge on any atom is 0.134 e. The number of benzene rings is 1. The van der Waals surface area contributed by atoms with Crippen molar-refractivity contribution in [1.29, 1.82) is 0 Å². The second-order valence-electron chi connectivity index (χ2n) is 5.47. The zero-order valence-corrected chi connectivity index (χ0v) is 11.8. The molecule has 2 aromatic rings. The lowest BCUT2D eigenvalue weighted by molar-refractivity contribution is 0.243. The van der Waals surface area contributed by atoms with Crippen molar-refractivity contribution in [3.63, 3.8) is 0 Å². The molecule has 0 unspecified atom stereocenters. The molecule has 2 N–H and O–H groups in total. The van der Waals surface area contributed by atoms with Crippen LogP contribution < -0.4 is 10.5 Å². The highest BCUT2D eigenvalue weighted by Crippen LogP contribution is 2.39. The third-order valence-corrected chi connectivity index (χ3v) is 3.23. The first-order chi connectivity index (χ1) is 9.63. The van der Waals surface area contributed by atoms with E-state index in [0.29, 0.717) is 11.7 Å². The minimum Gasteiger partial charge on any atom is -0.490 e. The van der Waals surface area contributed by atoms with Crippen LogP contribution in [0.1, 0.15) is 38.4 Å². The van der Waals surface area contributed by atoms with Gasteiger partial charge in [-0.15, -0.1) is 0 Å². The van der Waals surface area contributed by atoms with Crippen LogP contribution in [-0.2, 0) is 0 Å². The smallest absolute Gasteiger partial charge is 0.134 e. The fraction of sp³-hybridized carbons (Fsp3) is 0.375. The summed E-state index contributed by atoms with van der Waals surface area (Å²) in [6.45, 7) is 4.03. The van der Waals surface area contributed by atoms with Crippen molar-refractivity contribution in [2.45, 2.75) is 38.7 Å². The first-order valence-corrected chi connectivity index (χ1v) is 7.04. The third-order valence-electron chi connectivity index (χ3n) is 3.23. The SMILES string of the molecule is CC(C)Oc1ccccc1-c1cc(N)nc(C2CC2)n1. The molecule has 0 aliphatic heterocycles. The zero-order chi connectivity index (χ0) is 14.1. The molecule has 0 saturated heterocycles. The highest BCUT2D eigenvalue weighted by molar-refractivity contribution is 5.69. The van der Waals surface area contributed by atoms with Gasteiger partial charge in [0.25, 0.3) is 0 Å². The number of para-hydroxylation sites is 1. The van der Waals surface area contributed by atoms with Gasteiger partial charge >= 0.3 is 0 Å². The molecule has 1 aliphatic rings. The van der Waals surface area contributed by atoms with E-state index in [1.807, 2.05) is 44.2 Å². The average Bonchev–Trinajstić information content (AvgIpc) is 3.22. The van der Waals surface area contributed by atoms with Crippen LogP contribution in [0, 0.1) is 0 Å². The summed E-state index contributed by atoms with van der Waals surface area (Å²) in [6, 6.07) is 9.74. The lowest BCUT2D eigenvalue weighted by Crippen LogP contribution is -2.07. The van der Waals surface area contributed by atoms with Gasteiger partial charge in [0.2, 0.25) is 0 Å². The zero-order valence-electron chi connectivity index (χ0n) is 11.8. The number of hydrogen-bond donors (Lipinski definition) is 1. The average molecular weight is 269 g/mol. The van der Waals surface area contributed by atoms with Gasteiger partial charge in [-0.1, -0.05) is 12.1 Å². The Balaban J connectivity index is 2.04. The van der Waals surface area contributed by atoms with E-state index >= 15 is 0 Å². The molecule has 0 spiro atoms. The Kier molecular flexibility index (Phi) is 3.30. The second-order valence-corrected chi connectivity index (χ2v) is 5.47. The summed E-state index contributed by atoms with van der Waals surface area (Å²) in [6.07, 6.45) is 2.44. The predicted octanol–water partition coefficient (Wildman–Crippen LogP) is 3.39. The van der Waals surface area contributed by atoms with Gasteiger partial charge in [0, 0.05) is 17.5 Å². The molecule has 104 valence electrons. The number of rotatable bonds is 4. The van der Waals surface area contributed by atoms with Gasteiger partial charge in [-0.25, -0.2) is 9.97 Å². The fourth-order valence-corrected chi connectivity index (χ4v) is 2.18. The highest BCUT2D eigenvalue weighted by Gasteiger charge is 2.27. The van der Waals surface area contributed by atoms with E-state index in [1.54, 1.807) is 0 Å². The normalized spacial score (nSPS) is 14.6. The number of nitrogens with zero attached hydrogens (tertiary/aromatic N) is 2. The van der Waals surface area contributed by atoms with Gasteiger partial charge in [-0.3, -0.25) is 0 Å². The molecule has 1 saturated carbocycles. The van der Waals surface area contributed by atoms with Crippen molar-refractivity contribution < 1.29 is 4.74 Å². The molecule has 1 heterocycles. The Morgan fingerprint density at radius 1 is 1.20 bits per heavy atom. The van der Waals surface area contributed by atoms with Crippen molar-refractivity contribution in [1.82, 2.24) is 9.97 Å². The van der Waals surface area contributed by atoms with E-state index in [0.717, 1.165) is 35.7 Å². The molecule has 20 heavy (non-hydrogen) atoms. The van der Waals surface area contributed by atoms with Crippen LogP contribution in [0.15, 0.2) is 30.3 Å². The van der Waals surface area contributed by atoms with E-state index < -0.39 is 0 Å². The number of nitrogens with two attached hydrogens (primary N) is 1. The quantitative estimate of drug-likeness (QED) is 0.924. The van der Waals surface area contributed by atoms with E-state index in [9.17, 15) is 0 Å². The van der Waals surface area contributed by atoms with Gasteiger partial charge in [0.1, 0.15) is 17.4 Å². The Hall–Kier alpha value is -2.10. The van der Waals surface area contributed by atoms with Crippen molar-refractivity contribution >= 4 is 5.82 Å². The predicted molar refractivity (Wildman–Crippen MR) is 79.6 cm³/mol. The van der Waals surface area contributed by atoms with Gasteiger partial charge in [-0.2, -0.15) is 0 Å². The Bertz CT molecular complexity index is 621. The molecule has 3 rings (SSSR count). The van der Waals surface area contributed by atoms with E-state index in [1.165, 1.54) is 0 Å². The number of aromatic nitrogens is 2. The molecule has 1 aromatic carbocycles. The summed E-state index contributed by atoms with van der Waals surface area (Å²) < 4.78 is 5.85. The topological polar surface area (TPSA) is 61.0 Å². The molecule has 4 heteroatoms. The lowest BCUT2D eigenvalue weighted by Gasteiger charge is -2.14. The van der Waals surface area contributed by atoms with Crippen LogP contribution in [0.3, 0.4) is 0 Å². The molecule has 0 radical (unpaired) electrons. The Morgan fingerprint density at radius 3 is 2.65 bits per heavy atom. The maximum absolute atomic E-state index is 5.92. The van der Waals surface area contributed by atoms with Crippen molar-refractivity contribution in [3.05, 3.63) is 36.2 Å². The number of nitrogen functional groups attached to an aromatic ring is 1. The number of anilines is 1. The summed E-state index contributed by atoms with van der Waals surface area (Å²) in [4.78, 5) is 9.00. The van der Waals surface area contributed by atoms with Crippen molar-refractivity contribution in [2.75, 3.05) is 5.73 Å². The second kappa shape index (κ2) is 5.12. The van der Waals surface area contributed by atoms with Crippen molar-refractivity contribution in [2.24, 2.45) is 0 Å². The molecule has 1 fully saturated rings. The van der Waals surface area contributed by atoms with Crippen molar-refractivity contribution in [3.8, 4) is 17.0 Å². The fourth-order valence-electron chi connectivity index (χ4n) is 2.18. The van der Waals surface area contributed by atoms with Crippen LogP contribution in [0.25, 0.3) is 11.3 Å². The molecular weight excluding hydrogens is 250 g/mol. The summed E-state index contributed by atoms with van der Waals surface area (Å²) in [7, 11) is 0. The van der Waals surface area contributed by atoms with Crippen LogP contribution >= 0.6 is 0 Å². The lowest BCUT2D eigenvalue weighted by atomic mass is 10.1. The maximum atomic E-state index is 5.92. The third kappa shape index (κ3) is 2.74. The first kappa shape index (κ1) is 12.9. The molecule has 1 aliphatic carbocycles. The minimum absolute atomic E-state index is 0.123. The minimum atomic E-state index is 0.123. The molecule has 0 atom stereocenters. The van der Waals surface area contributed by atoms with Crippen LogP contribution in [0.4, 0.5) is 5.82 Å². The largest absolute Gasteiger partial charge is 0.490 e.